The summed E-state index contributed by atoms with van der Waals surface area (Å²) < 4.78 is 16.0. The monoisotopic (exact) mass is 482 g/mol. The van der Waals surface area contributed by atoms with Gasteiger partial charge in [-0.1, -0.05) is 11.3 Å². The molecule has 9 nitrogen and oxygen atoms in total. The molecule has 1 aliphatic heterocycles. The number of hydrogen-bond acceptors (Lipinski definition) is 9. The highest BCUT2D eigenvalue weighted by molar-refractivity contribution is 7.17. The van der Waals surface area contributed by atoms with Crippen LogP contribution in [0.3, 0.4) is 0 Å². The molecule has 1 fully saturated rings. The number of Topliss-reactive ketones (excluding diaryl/α,β-unsaturated/α-hetero) is 1. The molecule has 0 spiro atoms. The van der Waals surface area contributed by atoms with Gasteiger partial charge in [0.25, 0.3) is 5.78 Å². The summed E-state index contributed by atoms with van der Waals surface area (Å²) >= 11 is 0.933. The van der Waals surface area contributed by atoms with Crippen LogP contribution in [0.1, 0.15) is 46.6 Å². The van der Waals surface area contributed by atoms with E-state index in [2.05, 4.69) is 4.98 Å². The van der Waals surface area contributed by atoms with Gasteiger partial charge in [0.2, 0.25) is 0 Å². The smallest absolute Gasteiger partial charge is 0.350 e. The molecule has 0 radical (unpaired) electrons. The van der Waals surface area contributed by atoms with Gasteiger partial charge in [0.05, 0.1) is 30.7 Å². The first kappa shape index (κ1) is 23.2. The number of carbonyl (C=O) groups excluding carboxylic acids is 3. The average Bonchev–Trinajstić information content (AvgIpc) is 3.53. The number of aryl methyl sites for hydroxylation is 1. The number of aliphatic hydroxyl groups excluding tert-OH is 1. The summed E-state index contributed by atoms with van der Waals surface area (Å²) in [6.45, 7) is 5.82. The van der Waals surface area contributed by atoms with Crippen molar-refractivity contribution in [3.8, 4) is 5.75 Å². The third-order valence-electron chi connectivity index (χ3n) is 5.15. The minimum absolute atomic E-state index is 0.120. The van der Waals surface area contributed by atoms with E-state index >= 15 is 0 Å². The van der Waals surface area contributed by atoms with Crippen LogP contribution >= 0.6 is 11.3 Å². The number of aromatic nitrogens is 1. The van der Waals surface area contributed by atoms with Crippen LogP contribution in [0.2, 0.25) is 0 Å². The SMILES string of the molecule is CCOC(=O)c1sc(N2C(=O)C(=O)/C(=C(/O)c3ccc(OCC)cc3)C2c2ccco2)nc1C. The molecular weight excluding hydrogens is 460 g/mol. The van der Waals surface area contributed by atoms with Crippen LogP contribution in [0.25, 0.3) is 5.76 Å². The summed E-state index contributed by atoms with van der Waals surface area (Å²) in [4.78, 5) is 44.2. The van der Waals surface area contributed by atoms with Crippen LogP contribution < -0.4 is 9.64 Å². The summed E-state index contributed by atoms with van der Waals surface area (Å²) in [5, 5.41) is 11.2. The zero-order chi connectivity index (χ0) is 24.4. The molecule has 34 heavy (non-hydrogen) atoms. The Bertz CT molecular complexity index is 1260. The maximum atomic E-state index is 13.1. The van der Waals surface area contributed by atoms with Crippen molar-refractivity contribution in [1.82, 2.24) is 4.98 Å². The van der Waals surface area contributed by atoms with Crippen LogP contribution in [-0.4, -0.2) is 41.0 Å². The summed E-state index contributed by atoms with van der Waals surface area (Å²) in [7, 11) is 0. The van der Waals surface area contributed by atoms with Gasteiger partial charge in [-0.2, -0.15) is 0 Å². The highest BCUT2D eigenvalue weighted by Crippen LogP contribution is 2.44. The fourth-order valence-electron chi connectivity index (χ4n) is 3.65. The third kappa shape index (κ3) is 4.08. The molecule has 1 aliphatic rings. The summed E-state index contributed by atoms with van der Waals surface area (Å²) in [6, 6.07) is 8.66. The van der Waals surface area contributed by atoms with E-state index in [4.69, 9.17) is 13.9 Å². The number of rotatable bonds is 7. The molecule has 0 bridgehead atoms. The molecule has 176 valence electrons. The average molecular weight is 483 g/mol. The van der Waals surface area contributed by atoms with E-state index in [1.54, 1.807) is 50.2 Å². The number of carbonyl (C=O) groups is 3. The van der Waals surface area contributed by atoms with E-state index in [1.165, 1.54) is 6.26 Å². The molecule has 3 heterocycles. The molecule has 1 N–H and O–H groups in total. The number of benzene rings is 1. The lowest BCUT2D eigenvalue weighted by Gasteiger charge is -2.20. The number of thiazole rings is 1. The fourth-order valence-corrected chi connectivity index (χ4v) is 4.64. The van der Waals surface area contributed by atoms with E-state index in [0.717, 1.165) is 16.2 Å². The quantitative estimate of drug-likeness (QED) is 0.230. The van der Waals surface area contributed by atoms with Gasteiger partial charge >= 0.3 is 11.9 Å². The highest BCUT2D eigenvalue weighted by atomic mass is 32.1. The van der Waals surface area contributed by atoms with E-state index in [0.29, 0.717) is 23.6 Å². The molecule has 1 atom stereocenters. The van der Waals surface area contributed by atoms with Gasteiger partial charge in [-0.05, 0) is 57.2 Å². The predicted molar refractivity (Wildman–Crippen MR) is 124 cm³/mol. The number of hydrogen-bond donors (Lipinski definition) is 1. The van der Waals surface area contributed by atoms with Crippen LogP contribution in [0.4, 0.5) is 5.13 Å². The van der Waals surface area contributed by atoms with E-state index in [9.17, 15) is 19.5 Å². The maximum Gasteiger partial charge on any atom is 0.350 e. The van der Waals surface area contributed by atoms with Gasteiger partial charge in [0, 0.05) is 5.56 Å². The first-order valence-electron chi connectivity index (χ1n) is 10.6. The van der Waals surface area contributed by atoms with Crippen molar-refractivity contribution < 1.29 is 33.4 Å². The summed E-state index contributed by atoms with van der Waals surface area (Å²) in [5.41, 5.74) is 0.556. The summed E-state index contributed by atoms with van der Waals surface area (Å²) in [6.07, 6.45) is 1.41. The Hall–Kier alpha value is -3.92. The Balaban J connectivity index is 1.83. The fraction of sp³-hybridized carbons (Fsp3) is 0.250. The van der Waals surface area contributed by atoms with Crippen molar-refractivity contribution in [1.29, 1.82) is 0 Å². The molecule has 1 saturated heterocycles. The zero-order valence-electron chi connectivity index (χ0n) is 18.7. The normalized spacial score (nSPS) is 17.3. The summed E-state index contributed by atoms with van der Waals surface area (Å²) in [5.74, 6) is -1.84. The van der Waals surface area contributed by atoms with Crippen molar-refractivity contribution >= 4 is 39.9 Å². The lowest BCUT2D eigenvalue weighted by molar-refractivity contribution is -0.132. The van der Waals surface area contributed by atoms with Gasteiger partial charge < -0.3 is 19.0 Å². The van der Waals surface area contributed by atoms with Gasteiger partial charge in [0.1, 0.15) is 28.2 Å². The number of amides is 1. The topological polar surface area (TPSA) is 119 Å². The molecule has 4 rings (SSSR count). The number of aliphatic hydroxyl groups is 1. The Morgan fingerprint density at radius 3 is 2.53 bits per heavy atom. The zero-order valence-corrected chi connectivity index (χ0v) is 19.5. The van der Waals surface area contributed by atoms with Crippen LogP contribution in [0.15, 0.2) is 52.7 Å². The number of ketones is 1. The van der Waals surface area contributed by atoms with Gasteiger partial charge in [-0.25, -0.2) is 9.78 Å². The van der Waals surface area contributed by atoms with E-state index in [-0.39, 0.29) is 33.7 Å². The first-order chi connectivity index (χ1) is 16.4. The van der Waals surface area contributed by atoms with Crippen molar-refractivity contribution in [2.75, 3.05) is 18.1 Å². The van der Waals surface area contributed by atoms with Gasteiger partial charge in [0.15, 0.2) is 5.13 Å². The number of ether oxygens (including phenoxy) is 2. The molecule has 3 aromatic rings. The molecular formula is C24H22N2O7S. The first-order valence-corrected chi connectivity index (χ1v) is 11.4. The lowest BCUT2D eigenvalue weighted by atomic mass is 9.99. The second-order valence-electron chi connectivity index (χ2n) is 7.27. The van der Waals surface area contributed by atoms with Gasteiger partial charge in [-0.15, -0.1) is 0 Å². The lowest BCUT2D eigenvalue weighted by Crippen LogP contribution is -2.29. The Morgan fingerprint density at radius 1 is 1.18 bits per heavy atom. The minimum atomic E-state index is -1.07. The van der Waals surface area contributed by atoms with Crippen LogP contribution in [0.5, 0.6) is 5.75 Å². The number of anilines is 1. The molecule has 1 unspecified atom stereocenters. The molecule has 10 heteroatoms. The van der Waals surface area contributed by atoms with Crippen molar-refractivity contribution in [3.63, 3.8) is 0 Å². The Kier molecular flexibility index (Phi) is 6.51. The molecule has 2 aromatic heterocycles. The largest absolute Gasteiger partial charge is 0.507 e. The Morgan fingerprint density at radius 2 is 1.91 bits per heavy atom. The Labute approximate surface area is 199 Å². The predicted octanol–water partition coefficient (Wildman–Crippen LogP) is 4.25. The maximum absolute atomic E-state index is 13.1. The second kappa shape index (κ2) is 9.52. The van der Waals surface area contributed by atoms with Crippen molar-refractivity contribution in [2.45, 2.75) is 26.8 Å². The number of esters is 1. The number of nitrogens with zero attached hydrogens (tertiary/aromatic N) is 2. The standard InChI is InChI=1S/C24H22N2O7S/c1-4-31-15-10-8-14(9-11-15)19(27)17-18(16-7-6-12-33-16)26(22(29)20(17)28)24-25-13(3)21(34-24)23(30)32-5-2/h6-12,18,27H,4-5H2,1-3H3/b19-17+. The third-order valence-corrected chi connectivity index (χ3v) is 6.28. The molecule has 1 amide bonds. The van der Waals surface area contributed by atoms with Crippen molar-refractivity contribution in [3.05, 3.63) is 70.1 Å². The van der Waals surface area contributed by atoms with Gasteiger partial charge in [-0.3, -0.25) is 14.5 Å². The number of furan rings is 1. The van der Waals surface area contributed by atoms with Crippen molar-refractivity contribution in [2.24, 2.45) is 0 Å². The van der Waals surface area contributed by atoms with E-state index in [1.807, 2.05) is 6.92 Å². The molecule has 0 aliphatic carbocycles. The molecule has 1 aromatic carbocycles. The van der Waals surface area contributed by atoms with Crippen LogP contribution in [0, 0.1) is 6.92 Å². The van der Waals surface area contributed by atoms with E-state index < -0.39 is 23.7 Å². The minimum Gasteiger partial charge on any atom is -0.507 e. The second-order valence-corrected chi connectivity index (χ2v) is 8.25. The van der Waals surface area contributed by atoms with Crippen LogP contribution in [-0.2, 0) is 14.3 Å². The molecule has 0 saturated carbocycles. The highest BCUT2D eigenvalue weighted by Gasteiger charge is 2.49.